The smallest absolute Gasteiger partial charge is 0.213 e. The molecule has 25 heavy (non-hydrogen) atoms. The monoisotopic (exact) mass is 350 g/mol. The van der Waals surface area contributed by atoms with Crippen molar-refractivity contribution < 1.29 is 9.15 Å². The second-order valence-electron chi connectivity index (χ2n) is 6.18. The zero-order valence-corrected chi connectivity index (χ0v) is 14.1. The van der Waals surface area contributed by atoms with Gasteiger partial charge in [-0.05, 0) is 30.3 Å². The Balaban J connectivity index is 1.60. The Morgan fingerprint density at radius 1 is 1.00 bits per heavy atom. The average molecular weight is 351 g/mol. The Bertz CT molecular complexity index is 935. The molecular weight excluding hydrogens is 336 g/mol. The molecule has 5 rings (SSSR count). The molecule has 0 bridgehead atoms. The van der Waals surface area contributed by atoms with Gasteiger partial charge in [0.1, 0.15) is 17.2 Å². The number of para-hydroxylation sites is 1. The van der Waals surface area contributed by atoms with Gasteiger partial charge in [-0.1, -0.05) is 41.9 Å². The second kappa shape index (κ2) is 5.67. The highest BCUT2D eigenvalue weighted by molar-refractivity contribution is 6.30. The maximum absolute atomic E-state index is 6.28. The zero-order chi connectivity index (χ0) is 16.8. The van der Waals surface area contributed by atoms with Crippen molar-refractivity contribution in [3.05, 3.63) is 88.8 Å². The van der Waals surface area contributed by atoms with Crippen molar-refractivity contribution in [3.8, 4) is 5.75 Å². The lowest BCUT2D eigenvalue weighted by atomic mass is 9.97. The first kappa shape index (κ1) is 14.6. The second-order valence-corrected chi connectivity index (χ2v) is 6.62. The van der Waals surface area contributed by atoms with Crippen LogP contribution in [0.4, 0.5) is 0 Å². The molecule has 0 saturated carbocycles. The van der Waals surface area contributed by atoms with Crippen molar-refractivity contribution in [1.82, 2.24) is 5.01 Å². The van der Waals surface area contributed by atoms with E-state index in [-0.39, 0.29) is 12.3 Å². The molecule has 0 spiro atoms. The summed E-state index contributed by atoms with van der Waals surface area (Å²) in [5, 5.41) is 7.57. The Morgan fingerprint density at radius 3 is 2.64 bits per heavy atom. The van der Waals surface area contributed by atoms with Gasteiger partial charge in [0, 0.05) is 22.6 Å². The number of furan rings is 1. The third-order valence-electron chi connectivity index (χ3n) is 4.66. The van der Waals surface area contributed by atoms with E-state index in [1.54, 1.807) is 6.26 Å². The number of ether oxygens (including phenoxy) is 1. The summed E-state index contributed by atoms with van der Waals surface area (Å²) in [6, 6.07) is 19.8. The van der Waals surface area contributed by atoms with E-state index in [0.29, 0.717) is 5.02 Å². The van der Waals surface area contributed by atoms with Gasteiger partial charge in [-0.2, -0.15) is 5.10 Å². The molecule has 0 radical (unpaired) electrons. The quantitative estimate of drug-likeness (QED) is 0.639. The summed E-state index contributed by atoms with van der Waals surface area (Å²) in [6.07, 6.45) is 2.18. The van der Waals surface area contributed by atoms with E-state index < -0.39 is 0 Å². The maximum atomic E-state index is 6.28. The number of fused-ring (bicyclic) bond motifs is 3. The van der Waals surface area contributed by atoms with Gasteiger partial charge in [0.15, 0.2) is 0 Å². The molecule has 0 fully saturated rings. The molecule has 1 aromatic heterocycles. The lowest BCUT2D eigenvalue weighted by Crippen LogP contribution is -2.33. The molecule has 2 unspecified atom stereocenters. The van der Waals surface area contributed by atoms with Crippen molar-refractivity contribution in [3.63, 3.8) is 0 Å². The van der Waals surface area contributed by atoms with Gasteiger partial charge >= 0.3 is 0 Å². The summed E-state index contributed by atoms with van der Waals surface area (Å²) in [4.78, 5) is 0. The molecule has 0 saturated heterocycles. The van der Waals surface area contributed by atoms with Gasteiger partial charge in [-0.25, -0.2) is 5.01 Å². The third kappa shape index (κ3) is 2.41. The highest BCUT2D eigenvalue weighted by Crippen LogP contribution is 2.47. The van der Waals surface area contributed by atoms with E-state index in [0.717, 1.165) is 34.8 Å². The summed E-state index contributed by atoms with van der Waals surface area (Å²) >= 11 is 6.04. The number of hydrogen-bond donors (Lipinski definition) is 0. The van der Waals surface area contributed by atoms with Gasteiger partial charge in [0.2, 0.25) is 6.23 Å². The fourth-order valence-electron chi connectivity index (χ4n) is 3.47. The molecule has 4 nitrogen and oxygen atoms in total. The number of nitrogens with zero attached hydrogens (tertiary/aromatic N) is 2. The predicted molar refractivity (Wildman–Crippen MR) is 95.7 cm³/mol. The van der Waals surface area contributed by atoms with Crippen LogP contribution in [-0.2, 0) is 0 Å². The van der Waals surface area contributed by atoms with Crippen molar-refractivity contribution in [2.24, 2.45) is 5.10 Å². The van der Waals surface area contributed by atoms with Crippen molar-refractivity contribution in [2.75, 3.05) is 0 Å². The average Bonchev–Trinajstić information content (AvgIpc) is 3.31. The standard InChI is InChI=1S/C20H15ClN2O2/c21-14-9-7-13(8-10-14)20-23-17(15-4-1-2-5-18(15)25-20)12-16(22-23)19-6-3-11-24-19/h1-11,17,20H,12H2. The molecule has 2 aromatic carbocycles. The van der Waals surface area contributed by atoms with E-state index in [1.165, 1.54) is 0 Å². The number of hydrazone groups is 1. The lowest BCUT2D eigenvalue weighted by molar-refractivity contribution is -0.0190. The Kier molecular flexibility index (Phi) is 3.31. The maximum Gasteiger partial charge on any atom is 0.213 e. The Labute approximate surface area is 150 Å². The Hall–Kier alpha value is -2.72. The van der Waals surface area contributed by atoms with E-state index >= 15 is 0 Å². The van der Waals surface area contributed by atoms with Crippen LogP contribution in [0.5, 0.6) is 5.75 Å². The van der Waals surface area contributed by atoms with E-state index in [4.69, 9.17) is 25.9 Å². The Morgan fingerprint density at radius 2 is 1.84 bits per heavy atom. The molecule has 3 aromatic rings. The normalized spacial score (nSPS) is 21.3. The molecule has 124 valence electrons. The summed E-state index contributed by atoms with van der Waals surface area (Å²) in [6.45, 7) is 0. The summed E-state index contributed by atoms with van der Waals surface area (Å²) in [7, 11) is 0. The van der Waals surface area contributed by atoms with Crippen LogP contribution in [0.15, 0.2) is 76.4 Å². The summed E-state index contributed by atoms with van der Waals surface area (Å²) in [5.74, 6) is 1.71. The van der Waals surface area contributed by atoms with Crippen molar-refractivity contribution in [1.29, 1.82) is 0 Å². The highest BCUT2D eigenvalue weighted by Gasteiger charge is 2.41. The van der Waals surface area contributed by atoms with Crippen molar-refractivity contribution >= 4 is 17.3 Å². The summed E-state index contributed by atoms with van der Waals surface area (Å²) < 4.78 is 11.8. The van der Waals surface area contributed by atoms with Gasteiger partial charge in [-0.3, -0.25) is 0 Å². The minimum absolute atomic E-state index is 0.130. The van der Waals surface area contributed by atoms with Gasteiger partial charge in [0.25, 0.3) is 0 Å². The number of rotatable bonds is 2. The molecular formula is C20H15ClN2O2. The minimum Gasteiger partial charge on any atom is -0.464 e. The van der Waals surface area contributed by atoms with E-state index in [9.17, 15) is 0 Å². The number of halogens is 1. The van der Waals surface area contributed by atoms with Gasteiger partial charge in [-0.15, -0.1) is 0 Å². The van der Waals surface area contributed by atoms with Crippen LogP contribution in [-0.4, -0.2) is 10.7 Å². The van der Waals surface area contributed by atoms with Crippen LogP contribution in [0.1, 0.15) is 35.6 Å². The highest BCUT2D eigenvalue weighted by atomic mass is 35.5. The molecule has 0 aliphatic carbocycles. The van der Waals surface area contributed by atoms with Crippen LogP contribution >= 0.6 is 11.6 Å². The first-order chi connectivity index (χ1) is 12.3. The minimum atomic E-state index is -0.287. The van der Waals surface area contributed by atoms with Gasteiger partial charge in [0.05, 0.1) is 12.3 Å². The lowest BCUT2D eigenvalue weighted by Gasteiger charge is -2.38. The largest absolute Gasteiger partial charge is 0.464 e. The molecule has 5 heteroatoms. The molecule has 0 N–H and O–H groups in total. The number of hydrogen-bond acceptors (Lipinski definition) is 4. The van der Waals surface area contributed by atoms with Crippen LogP contribution in [0.3, 0.4) is 0 Å². The third-order valence-corrected chi connectivity index (χ3v) is 4.91. The first-order valence-electron chi connectivity index (χ1n) is 8.20. The molecule has 3 heterocycles. The van der Waals surface area contributed by atoms with Crippen LogP contribution in [0, 0.1) is 0 Å². The molecule has 0 amide bonds. The molecule has 2 aliphatic rings. The topological polar surface area (TPSA) is 38.0 Å². The van der Waals surface area contributed by atoms with E-state index in [2.05, 4.69) is 6.07 Å². The molecule has 2 atom stereocenters. The summed E-state index contributed by atoms with van der Waals surface area (Å²) in [5.41, 5.74) is 3.11. The van der Waals surface area contributed by atoms with E-state index in [1.807, 2.05) is 59.6 Å². The van der Waals surface area contributed by atoms with Gasteiger partial charge < -0.3 is 9.15 Å². The fourth-order valence-corrected chi connectivity index (χ4v) is 3.60. The van der Waals surface area contributed by atoms with Crippen LogP contribution < -0.4 is 4.74 Å². The van der Waals surface area contributed by atoms with Crippen LogP contribution in [0.25, 0.3) is 0 Å². The van der Waals surface area contributed by atoms with Crippen molar-refractivity contribution in [2.45, 2.75) is 18.7 Å². The number of benzene rings is 2. The molecule has 2 aliphatic heterocycles. The predicted octanol–water partition coefficient (Wildman–Crippen LogP) is 5.18. The fraction of sp³-hybridized carbons (Fsp3) is 0.150. The SMILES string of the molecule is Clc1ccc(C2Oc3ccccc3C3CC(c4ccco4)=NN32)cc1. The van der Waals surface area contributed by atoms with Crippen LogP contribution in [0.2, 0.25) is 5.02 Å². The zero-order valence-electron chi connectivity index (χ0n) is 13.3. The first-order valence-corrected chi connectivity index (χ1v) is 8.58.